The summed E-state index contributed by atoms with van der Waals surface area (Å²) in [6.45, 7) is -0.115. The minimum Gasteiger partial charge on any atom is -0.493 e. The van der Waals surface area contributed by atoms with Crippen LogP contribution in [0, 0.1) is 0 Å². The van der Waals surface area contributed by atoms with Crippen LogP contribution in [0.2, 0.25) is 0 Å². The summed E-state index contributed by atoms with van der Waals surface area (Å²) in [5.41, 5.74) is 0.766. The molecule has 9 heteroatoms. The summed E-state index contributed by atoms with van der Waals surface area (Å²) >= 11 is 0. The first-order valence-corrected chi connectivity index (χ1v) is 8.35. The lowest BCUT2D eigenvalue weighted by Crippen LogP contribution is -2.60. The molecule has 27 heavy (non-hydrogen) atoms. The van der Waals surface area contributed by atoms with Crippen LogP contribution in [0.25, 0.3) is 6.08 Å². The van der Waals surface area contributed by atoms with Crippen LogP contribution in [0.15, 0.2) is 18.2 Å². The van der Waals surface area contributed by atoms with E-state index in [9.17, 15) is 20.4 Å². The van der Waals surface area contributed by atoms with E-state index in [0.29, 0.717) is 18.1 Å². The topological polar surface area (TPSA) is 127 Å². The Bertz CT molecular complexity index is 606. The molecule has 1 heterocycles. The second kappa shape index (κ2) is 9.88. The van der Waals surface area contributed by atoms with Gasteiger partial charge in [-0.3, -0.25) is 0 Å². The van der Waals surface area contributed by atoms with Crippen molar-refractivity contribution in [3.8, 4) is 17.2 Å². The number of aliphatic hydroxyl groups excluding tert-OH is 4. The smallest absolute Gasteiger partial charge is 0.229 e. The molecule has 4 N–H and O–H groups in total. The molecule has 5 unspecified atom stereocenters. The molecule has 1 aromatic rings. The van der Waals surface area contributed by atoms with Crippen molar-refractivity contribution in [3.63, 3.8) is 0 Å². The van der Waals surface area contributed by atoms with E-state index in [-0.39, 0.29) is 5.75 Å². The van der Waals surface area contributed by atoms with Crippen molar-refractivity contribution in [2.24, 2.45) is 0 Å². The first-order chi connectivity index (χ1) is 13.0. The lowest BCUT2D eigenvalue weighted by molar-refractivity contribution is -0.277. The van der Waals surface area contributed by atoms with Gasteiger partial charge >= 0.3 is 0 Å². The van der Waals surface area contributed by atoms with Gasteiger partial charge in [0.25, 0.3) is 0 Å². The van der Waals surface area contributed by atoms with Crippen molar-refractivity contribution >= 4 is 6.08 Å². The summed E-state index contributed by atoms with van der Waals surface area (Å²) in [5, 5.41) is 39.2. The van der Waals surface area contributed by atoms with Gasteiger partial charge in [-0.05, 0) is 17.7 Å². The standard InChI is InChI=1S/C18H26O9/c1-23-6-4-5-10-7-11(24-2)17(12(8-10)25-3)27-18-16(22)15(21)14(20)13(9-19)26-18/h4-5,7-8,13-16,18-22H,6,9H2,1-3H3. The second-order valence-corrected chi connectivity index (χ2v) is 5.93. The Labute approximate surface area is 157 Å². The summed E-state index contributed by atoms with van der Waals surface area (Å²) in [6, 6.07) is 3.38. The van der Waals surface area contributed by atoms with Crippen molar-refractivity contribution in [3.05, 3.63) is 23.8 Å². The Morgan fingerprint density at radius 1 is 1.00 bits per heavy atom. The third kappa shape index (κ3) is 4.89. The number of hydrogen-bond donors (Lipinski definition) is 4. The predicted octanol–water partition coefficient (Wildman–Crippen LogP) is -0.458. The minimum absolute atomic E-state index is 0.147. The molecule has 1 fully saturated rings. The fourth-order valence-corrected chi connectivity index (χ4v) is 2.67. The molecule has 0 radical (unpaired) electrons. The van der Waals surface area contributed by atoms with E-state index >= 15 is 0 Å². The van der Waals surface area contributed by atoms with Crippen molar-refractivity contribution in [2.45, 2.75) is 30.7 Å². The molecule has 0 saturated carbocycles. The third-order valence-corrected chi connectivity index (χ3v) is 4.14. The largest absolute Gasteiger partial charge is 0.493 e. The minimum atomic E-state index is -1.55. The van der Waals surface area contributed by atoms with E-state index in [0.717, 1.165) is 5.56 Å². The van der Waals surface area contributed by atoms with Gasteiger partial charge < -0.3 is 44.1 Å². The fourth-order valence-electron chi connectivity index (χ4n) is 2.67. The Kier molecular flexibility index (Phi) is 7.84. The fraction of sp³-hybridized carbons (Fsp3) is 0.556. The predicted molar refractivity (Wildman–Crippen MR) is 94.9 cm³/mol. The molecule has 1 aliphatic heterocycles. The summed E-state index contributed by atoms with van der Waals surface area (Å²) in [7, 11) is 4.47. The number of aliphatic hydroxyl groups is 4. The average molecular weight is 386 g/mol. The van der Waals surface area contributed by atoms with E-state index in [1.807, 2.05) is 12.2 Å². The molecule has 152 valence electrons. The summed E-state index contributed by atoms with van der Waals surface area (Å²) in [4.78, 5) is 0. The third-order valence-electron chi connectivity index (χ3n) is 4.14. The Balaban J connectivity index is 2.31. The van der Waals surface area contributed by atoms with Gasteiger partial charge in [0, 0.05) is 7.11 Å². The highest BCUT2D eigenvalue weighted by atomic mass is 16.7. The number of methoxy groups -OCH3 is 3. The molecule has 0 aromatic heterocycles. The van der Waals surface area contributed by atoms with Crippen molar-refractivity contribution < 1.29 is 44.1 Å². The van der Waals surface area contributed by atoms with Crippen molar-refractivity contribution in [1.29, 1.82) is 0 Å². The van der Waals surface area contributed by atoms with Gasteiger partial charge in [0.2, 0.25) is 12.0 Å². The molecule has 0 bridgehead atoms. The highest BCUT2D eigenvalue weighted by Crippen LogP contribution is 2.40. The van der Waals surface area contributed by atoms with Crippen LogP contribution in [0.5, 0.6) is 17.2 Å². The van der Waals surface area contributed by atoms with E-state index in [2.05, 4.69) is 0 Å². The highest BCUT2D eigenvalue weighted by Gasteiger charge is 2.45. The van der Waals surface area contributed by atoms with Gasteiger partial charge in [0.1, 0.15) is 24.4 Å². The first-order valence-electron chi connectivity index (χ1n) is 8.35. The van der Waals surface area contributed by atoms with E-state index in [1.165, 1.54) is 14.2 Å². The van der Waals surface area contributed by atoms with E-state index in [1.54, 1.807) is 19.2 Å². The molecule has 5 atom stereocenters. The average Bonchev–Trinajstić information content (AvgIpc) is 2.68. The van der Waals surface area contributed by atoms with E-state index < -0.39 is 37.3 Å². The number of ether oxygens (including phenoxy) is 5. The van der Waals surface area contributed by atoms with Crippen LogP contribution >= 0.6 is 0 Å². The number of hydrogen-bond acceptors (Lipinski definition) is 9. The van der Waals surface area contributed by atoms with Crippen LogP contribution in [-0.2, 0) is 9.47 Å². The molecule has 0 amide bonds. The van der Waals surface area contributed by atoms with Crippen LogP contribution in [0.1, 0.15) is 5.56 Å². The van der Waals surface area contributed by atoms with Gasteiger partial charge in [-0.15, -0.1) is 0 Å². The Morgan fingerprint density at radius 3 is 2.15 bits per heavy atom. The van der Waals surface area contributed by atoms with Crippen LogP contribution in [0.4, 0.5) is 0 Å². The highest BCUT2D eigenvalue weighted by molar-refractivity contribution is 5.62. The zero-order chi connectivity index (χ0) is 20.0. The van der Waals surface area contributed by atoms with E-state index in [4.69, 9.17) is 23.7 Å². The second-order valence-electron chi connectivity index (χ2n) is 5.93. The lowest BCUT2D eigenvalue weighted by atomic mass is 9.99. The molecule has 0 spiro atoms. The van der Waals surface area contributed by atoms with Gasteiger partial charge in [0.15, 0.2) is 11.5 Å². The molecule has 0 aliphatic carbocycles. The maximum Gasteiger partial charge on any atom is 0.229 e. The van der Waals surface area contributed by atoms with Gasteiger partial charge in [-0.1, -0.05) is 12.2 Å². The first kappa shape index (κ1) is 21.4. The molecule has 1 aliphatic rings. The maximum absolute atomic E-state index is 10.2. The number of benzene rings is 1. The Morgan fingerprint density at radius 2 is 1.63 bits per heavy atom. The Hall–Kier alpha value is -1.88. The number of rotatable bonds is 8. The van der Waals surface area contributed by atoms with Gasteiger partial charge in [-0.2, -0.15) is 0 Å². The molecule has 2 rings (SSSR count). The van der Waals surface area contributed by atoms with Crippen molar-refractivity contribution in [1.82, 2.24) is 0 Å². The van der Waals surface area contributed by atoms with Gasteiger partial charge in [-0.25, -0.2) is 0 Å². The molecule has 1 aromatic carbocycles. The maximum atomic E-state index is 10.2. The normalized spacial score (nSPS) is 28.3. The van der Waals surface area contributed by atoms with Crippen molar-refractivity contribution in [2.75, 3.05) is 34.5 Å². The quantitative estimate of drug-likeness (QED) is 0.469. The zero-order valence-corrected chi connectivity index (χ0v) is 15.4. The molecular weight excluding hydrogens is 360 g/mol. The summed E-state index contributed by atoms with van der Waals surface area (Å²) in [6.07, 6.45) is -3.37. The zero-order valence-electron chi connectivity index (χ0n) is 15.4. The SMILES string of the molecule is COCC=Cc1cc(OC)c(OC2OC(CO)C(O)C(O)C2O)c(OC)c1. The molecular formula is C18H26O9. The van der Waals surface area contributed by atoms with Crippen LogP contribution in [0.3, 0.4) is 0 Å². The van der Waals surface area contributed by atoms with Gasteiger partial charge in [0.05, 0.1) is 27.4 Å². The monoisotopic (exact) mass is 386 g/mol. The summed E-state index contributed by atoms with van der Waals surface area (Å²) in [5.74, 6) is 0.764. The summed E-state index contributed by atoms with van der Waals surface area (Å²) < 4.78 is 26.7. The lowest BCUT2D eigenvalue weighted by Gasteiger charge is -2.39. The molecule has 9 nitrogen and oxygen atoms in total. The van der Waals surface area contributed by atoms with Crippen LogP contribution < -0.4 is 14.2 Å². The molecule has 1 saturated heterocycles. The van der Waals surface area contributed by atoms with Crippen LogP contribution in [-0.4, -0.2) is 85.7 Å².